The van der Waals surface area contributed by atoms with Gasteiger partial charge in [-0.1, -0.05) is 19.3 Å². The van der Waals surface area contributed by atoms with E-state index in [1.807, 2.05) is 18.7 Å². The Morgan fingerprint density at radius 2 is 2.00 bits per heavy atom. The molecule has 2 rings (SSSR count). The van der Waals surface area contributed by atoms with E-state index >= 15 is 0 Å². The van der Waals surface area contributed by atoms with Crippen LogP contribution in [0.3, 0.4) is 0 Å². The van der Waals surface area contributed by atoms with Crippen LogP contribution in [0.4, 0.5) is 0 Å². The number of aryl methyl sites for hydroxylation is 2. The predicted molar refractivity (Wildman–Crippen MR) is 76.0 cm³/mol. The number of carbonyl (C=O) groups excluding carboxylic acids is 1. The number of rotatable bonds is 4. The molecule has 0 radical (unpaired) electrons. The van der Waals surface area contributed by atoms with Gasteiger partial charge in [0.1, 0.15) is 0 Å². The van der Waals surface area contributed by atoms with E-state index in [2.05, 4.69) is 17.3 Å². The van der Waals surface area contributed by atoms with Crippen molar-refractivity contribution in [3.8, 4) is 0 Å². The smallest absolute Gasteiger partial charge is 0.220 e. The minimum absolute atomic E-state index is 0.189. The van der Waals surface area contributed by atoms with Crippen LogP contribution < -0.4 is 5.32 Å². The average molecular weight is 263 g/mol. The number of nitrogens with zero attached hydrogens (tertiary/aromatic N) is 2. The molecule has 1 saturated carbocycles. The lowest BCUT2D eigenvalue weighted by Crippen LogP contribution is -2.36. The maximum absolute atomic E-state index is 12.0. The highest BCUT2D eigenvalue weighted by Gasteiger charge is 2.16. The van der Waals surface area contributed by atoms with E-state index in [4.69, 9.17) is 0 Å². The molecule has 1 N–H and O–H groups in total. The Morgan fingerprint density at radius 1 is 1.32 bits per heavy atom. The van der Waals surface area contributed by atoms with Gasteiger partial charge in [-0.3, -0.25) is 9.48 Å². The Kier molecular flexibility index (Phi) is 4.61. The molecule has 0 unspecified atom stereocenters. The lowest BCUT2D eigenvalue weighted by Gasteiger charge is -2.22. The molecule has 4 nitrogen and oxygen atoms in total. The molecule has 1 aromatic heterocycles. The highest BCUT2D eigenvalue weighted by atomic mass is 16.1. The average Bonchev–Trinajstić information content (AvgIpc) is 2.62. The van der Waals surface area contributed by atoms with Gasteiger partial charge in [-0.05, 0) is 38.7 Å². The summed E-state index contributed by atoms with van der Waals surface area (Å²) >= 11 is 0. The fourth-order valence-electron chi connectivity index (χ4n) is 2.96. The van der Waals surface area contributed by atoms with Crippen LogP contribution in [0.1, 0.15) is 55.5 Å². The third-order valence-corrected chi connectivity index (χ3v) is 4.23. The topological polar surface area (TPSA) is 46.9 Å². The quantitative estimate of drug-likeness (QED) is 0.907. The molecule has 0 spiro atoms. The summed E-state index contributed by atoms with van der Waals surface area (Å²) in [5.74, 6) is 0.189. The lowest BCUT2D eigenvalue weighted by atomic mass is 9.95. The van der Waals surface area contributed by atoms with Gasteiger partial charge in [0, 0.05) is 25.2 Å². The second-order valence-corrected chi connectivity index (χ2v) is 5.68. The minimum Gasteiger partial charge on any atom is -0.353 e. The maximum Gasteiger partial charge on any atom is 0.220 e. The van der Waals surface area contributed by atoms with Gasteiger partial charge in [0.05, 0.1) is 5.69 Å². The van der Waals surface area contributed by atoms with Crippen molar-refractivity contribution in [2.75, 3.05) is 0 Å². The number of hydrogen-bond acceptors (Lipinski definition) is 2. The van der Waals surface area contributed by atoms with Crippen molar-refractivity contribution in [3.63, 3.8) is 0 Å². The molecule has 0 aliphatic heterocycles. The van der Waals surface area contributed by atoms with Crippen molar-refractivity contribution in [1.82, 2.24) is 15.1 Å². The Morgan fingerprint density at radius 3 is 2.58 bits per heavy atom. The highest BCUT2D eigenvalue weighted by Crippen LogP contribution is 2.18. The van der Waals surface area contributed by atoms with Crippen molar-refractivity contribution in [3.05, 3.63) is 17.0 Å². The van der Waals surface area contributed by atoms with Crippen LogP contribution in [-0.4, -0.2) is 21.7 Å². The molecular formula is C15H25N3O. The molecule has 0 bridgehead atoms. The van der Waals surface area contributed by atoms with Crippen LogP contribution in [0.2, 0.25) is 0 Å². The first-order valence-corrected chi connectivity index (χ1v) is 7.36. The number of nitrogens with one attached hydrogen (secondary N) is 1. The Bertz CT molecular complexity index is 444. The van der Waals surface area contributed by atoms with E-state index in [0.717, 1.165) is 25.0 Å². The maximum atomic E-state index is 12.0. The number of aromatic nitrogens is 2. The number of carbonyl (C=O) groups is 1. The molecule has 106 valence electrons. The summed E-state index contributed by atoms with van der Waals surface area (Å²) < 4.78 is 1.89. The number of hydrogen-bond donors (Lipinski definition) is 1. The van der Waals surface area contributed by atoms with Crippen molar-refractivity contribution in [2.24, 2.45) is 7.05 Å². The van der Waals surface area contributed by atoms with Crippen LogP contribution in [0.25, 0.3) is 0 Å². The first-order valence-electron chi connectivity index (χ1n) is 7.36. The predicted octanol–water partition coefficient (Wildman–Crippen LogP) is 2.42. The standard InChI is InChI=1S/C15H25N3O/c1-11-14(12(2)18(3)17-11)9-10-15(19)16-13-7-5-4-6-8-13/h13H,4-10H2,1-3H3,(H,16,19). The molecule has 19 heavy (non-hydrogen) atoms. The summed E-state index contributed by atoms with van der Waals surface area (Å²) in [5, 5.41) is 7.56. The van der Waals surface area contributed by atoms with Crippen LogP contribution >= 0.6 is 0 Å². The van der Waals surface area contributed by atoms with Crippen LogP contribution in [-0.2, 0) is 18.3 Å². The number of amides is 1. The molecule has 0 atom stereocenters. The molecule has 0 aromatic carbocycles. The van der Waals surface area contributed by atoms with Gasteiger partial charge in [-0.2, -0.15) is 5.10 Å². The van der Waals surface area contributed by atoms with Crippen molar-refractivity contribution >= 4 is 5.91 Å². The fraction of sp³-hybridized carbons (Fsp3) is 0.733. The molecule has 4 heteroatoms. The minimum atomic E-state index is 0.189. The highest BCUT2D eigenvalue weighted by molar-refractivity contribution is 5.76. The van der Waals surface area contributed by atoms with Gasteiger partial charge >= 0.3 is 0 Å². The van der Waals surface area contributed by atoms with Gasteiger partial charge in [0.25, 0.3) is 0 Å². The van der Waals surface area contributed by atoms with E-state index in [1.165, 1.54) is 30.5 Å². The Labute approximate surface area is 115 Å². The van der Waals surface area contributed by atoms with Gasteiger partial charge in [-0.15, -0.1) is 0 Å². The summed E-state index contributed by atoms with van der Waals surface area (Å²) in [7, 11) is 1.95. The monoisotopic (exact) mass is 263 g/mol. The molecule has 1 heterocycles. The summed E-state index contributed by atoms with van der Waals surface area (Å²) in [6, 6.07) is 0.414. The van der Waals surface area contributed by atoms with Crippen molar-refractivity contribution in [1.29, 1.82) is 0 Å². The van der Waals surface area contributed by atoms with E-state index in [9.17, 15) is 4.79 Å². The lowest BCUT2D eigenvalue weighted by molar-refractivity contribution is -0.121. The van der Waals surface area contributed by atoms with E-state index in [0.29, 0.717) is 12.5 Å². The third-order valence-electron chi connectivity index (χ3n) is 4.23. The largest absolute Gasteiger partial charge is 0.353 e. The van der Waals surface area contributed by atoms with Crippen LogP contribution in [0.5, 0.6) is 0 Å². The zero-order valence-electron chi connectivity index (χ0n) is 12.3. The second-order valence-electron chi connectivity index (χ2n) is 5.68. The normalized spacial score (nSPS) is 16.6. The molecular weight excluding hydrogens is 238 g/mol. The summed E-state index contributed by atoms with van der Waals surface area (Å²) in [6.45, 7) is 4.08. The van der Waals surface area contributed by atoms with Crippen molar-refractivity contribution < 1.29 is 4.79 Å². The Hall–Kier alpha value is -1.32. The molecule has 0 saturated heterocycles. The van der Waals surface area contributed by atoms with Gasteiger partial charge in [0.15, 0.2) is 0 Å². The van der Waals surface area contributed by atoms with E-state index < -0.39 is 0 Å². The van der Waals surface area contributed by atoms with Crippen LogP contribution in [0.15, 0.2) is 0 Å². The summed E-state index contributed by atoms with van der Waals surface area (Å²) in [5.41, 5.74) is 3.44. The van der Waals surface area contributed by atoms with E-state index in [1.54, 1.807) is 0 Å². The molecule has 1 fully saturated rings. The summed E-state index contributed by atoms with van der Waals surface area (Å²) in [6.07, 6.45) is 7.50. The third kappa shape index (κ3) is 3.58. The van der Waals surface area contributed by atoms with E-state index in [-0.39, 0.29) is 5.91 Å². The molecule has 1 aromatic rings. The molecule has 1 aliphatic rings. The molecule has 1 amide bonds. The second kappa shape index (κ2) is 6.22. The fourth-order valence-corrected chi connectivity index (χ4v) is 2.96. The van der Waals surface area contributed by atoms with Crippen molar-refractivity contribution in [2.45, 2.75) is 64.8 Å². The van der Waals surface area contributed by atoms with Gasteiger partial charge in [-0.25, -0.2) is 0 Å². The Balaban J connectivity index is 1.82. The first kappa shape index (κ1) is 14.1. The van der Waals surface area contributed by atoms with Gasteiger partial charge < -0.3 is 5.32 Å². The molecule has 1 aliphatic carbocycles. The van der Waals surface area contributed by atoms with Gasteiger partial charge in [0.2, 0.25) is 5.91 Å². The summed E-state index contributed by atoms with van der Waals surface area (Å²) in [4.78, 5) is 12.0. The zero-order chi connectivity index (χ0) is 13.8. The van der Waals surface area contributed by atoms with Crippen LogP contribution in [0, 0.1) is 13.8 Å². The SMILES string of the molecule is Cc1nn(C)c(C)c1CCC(=O)NC1CCCCC1. The first-order chi connectivity index (χ1) is 9.08. The zero-order valence-corrected chi connectivity index (χ0v) is 12.3.